The third kappa shape index (κ3) is 6.05. The number of carbonyl (C=O) groups excluding carboxylic acids is 1. The van der Waals surface area contributed by atoms with Crippen LogP contribution in [0, 0.1) is 0 Å². The summed E-state index contributed by atoms with van der Waals surface area (Å²) in [6.07, 6.45) is 4.24. The molecule has 0 aliphatic carbocycles. The molecule has 1 fully saturated rings. The van der Waals surface area contributed by atoms with E-state index in [1.54, 1.807) is 6.20 Å². The van der Waals surface area contributed by atoms with Gasteiger partial charge in [-0.25, -0.2) is 0 Å². The third-order valence-corrected chi connectivity index (χ3v) is 5.98. The van der Waals surface area contributed by atoms with Crippen LogP contribution in [0.25, 0.3) is 10.9 Å². The minimum absolute atomic E-state index is 0.0208. The molecule has 1 amide bonds. The maximum Gasteiger partial charge on any atom is 0.224 e. The average molecular weight is 434 g/mol. The molecule has 0 unspecified atom stereocenters. The maximum absolute atomic E-state index is 12.5. The van der Waals surface area contributed by atoms with E-state index in [-0.39, 0.29) is 5.91 Å². The summed E-state index contributed by atoms with van der Waals surface area (Å²) < 4.78 is 11.4. The number of hydrogen-bond acceptors (Lipinski definition) is 5. The molecule has 2 aromatic carbocycles. The van der Waals surface area contributed by atoms with Crippen LogP contribution < -0.4 is 10.1 Å². The molecule has 0 bridgehead atoms. The first-order valence-electron chi connectivity index (χ1n) is 11.3. The van der Waals surface area contributed by atoms with Gasteiger partial charge in [-0.3, -0.25) is 14.7 Å². The average Bonchev–Trinajstić information content (AvgIpc) is 2.84. The van der Waals surface area contributed by atoms with Crippen molar-refractivity contribution in [3.8, 4) is 5.75 Å². The van der Waals surface area contributed by atoms with Crippen molar-refractivity contribution >= 4 is 16.8 Å². The van der Waals surface area contributed by atoms with E-state index in [1.165, 1.54) is 0 Å². The minimum atomic E-state index is -0.0208. The Morgan fingerprint density at radius 1 is 1.16 bits per heavy atom. The first-order chi connectivity index (χ1) is 15.7. The quantitative estimate of drug-likeness (QED) is 0.559. The summed E-state index contributed by atoms with van der Waals surface area (Å²) in [4.78, 5) is 19.3. The Kier molecular flexibility index (Phi) is 7.69. The monoisotopic (exact) mass is 433 g/mol. The molecule has 2 heterocycles. The topological polar surface area (TPSA) is 63.7 Å². The summed E-state index contributed by atoms with van der Waals surface area (Å²) in [6, 6.07) is 18.3. The highest BCUT2D eigenvalue weighted by molar-refractivity contribution is 5.87. The summed E-state index contributed by atoms with van der Waals surface area (Å²) >= 11 is 0. The van der Waals surface area contributed by atoms with Crippen molar-refractivity contribution in [2.24, 2.45) is 0 Å². The van der Waals surface area contributed by atoms with Crippen LogP contribution in [0.1, 0.15) is 24.0 Å². The second-order valence-corrected chi connectivity index (χ2v) is 8.27. The number of ether oxygens (including phenoxy) is 2. The Labute approximate surface area is 189 Å². The van der Waals surface area contributed by atoms with Crippen LogP contribution in [0.3, 0.4) is 0 Å². The molecule has 1 aromatic heterocycles. The molecule has 1 aliphatic heterocycles. The Hall–Kier alpha value is -2.96. The normalized spacial score (nSPS) is 14.6. The number of rotatable bonds is 9. The molecule has 0 spiro atoms. The van der Waals surface area contributed by atoms with Crippen LogP contribution in [0.4, 0.5) is 0 Å². The predicted molar refractivity (Wildman–Crippen MR) is 126 cm³/mol. The Bertz CT molecular complexity index is 1030. The van der Waals surface area contributed by atoms with Gasteiger partial charge in [-0.2, -0.15) is 0 Å². The number of carbonyl (C=O) groups is 1. The lowest BCUT2D eigenvalue weighted by molar-refractivity contribution is -0.120. The molecule has 1 saturated heterocycles. The number of nitrogens with one attached hydrogen (secondary N) is 1. The molecule has 3 aromatic rings. The van der Waals surface area contributed by atoms with Gasteiger partial charge in [-0.15, -0.1) is 0 Å². The van der Waals surface area contributed by atoms with E-state index in [0.717, 1.165) is 60.4 Å². The minimum Gasteiger partial charge on any atom is -0.492 e. The van der Waals surface area contributed by atoms with E-state index in [0.29, 0.717) is 25.6 Å². The van der Waals surface area contributed by atoms with Gasteiger partial charge in [0.05, 0.1) is 11.9 Å². The molecular formula is C26H31N3O3. The third-order valence-electron chi connectivity index (χ3n) is 5.98. The van der Waals surface area contributed by atoms with Crippen molar-refractivity contribution in [2.45, 2.75) is 31.8 Å². The lowest BCUT2D eigenvalue weighted by atomic mass is 10.1. The molecule has 6 heteroatoms. The largest absolute Gasteiger partial charge is 0.492 e. The van der Waals surface area contributed by atoms with Crippen molar-refractivity contribution < 1.29 is 14.3 Å². The SMILES string of the molecule is CN(CCOc1cccc(CNC(=O)Cc2cccc3cccnc23)c1)C1CCOCC1. The van der Waals surface area contributed by atoms with Crippen molar-refractivity contribution in [1.29, 1.82) is 0 Å². The number of nitrogens with zero attached hydrogens (tertiary/aromatic N) is 2. The van der Waals surface area contributed by atoms with Crippen molar-refractivity contribution in [3.63, 3.8) is 0 Å². The van der Waals surface area contributed by atoms with E-state index < -0.39 is 0 Å². The van der Waals surface area contributed by atoms with E-state index >= 15 is 0 Å². The summed E-state index contributed by atoms with van der Waals surface area (Å²) in [7, 11) is 2.15. The van der Waals surface area contributed by atoms with Crippen LogP contribution >= 0.6 is 0 Å². The summed E-state index contributed by atoms with van der Waals surface area (Å²) in [6.45, 7) is 3.68. The highest BCUT2D eigenvalue weighted by Gasteiger charge is 2.18. The molecule has 0 radical (unpaired) electrons. The zero-order valence-corrected chi connectivity index (χ0v) is 18.6. The summed E-state index contributed by atoms with van der Waals surface area (Å²) in [5.74, 6) is 0.808. The number of amides is 1. The van der Waals surface area contributed by atoms with Gasteiger partial charge in [-0.05, 0) is 49.2 Å². The number of benzene rings is 2. The smallest absolute Gasteiger partial charge is 0.224 e. The zero-order chi connectivity index (χ0) is 22.2. The van der Waals surface area contributed by atoms with Crippen LogP contribution in [0.15, 0.2) is 60.8 Å². The lowest BCUT2D eigenvalue weighted by Gasteiger charge is -2.31. The first kappa shape index (κ1) is 22.2. The maximum atomic E-state index is 12.5. The van der Waals surface area contributed by atoms with Crippen LogP contribution in [-0.2, 0) is 22.5 Å². The highest BCUT2D eigenvalue weighted by atomic mass is 16.5. The van der Waals surface area contributed by atoms with E-state index in [4.69, 9.17) is 9.47 Å². The van der Waals surface area contributed by atoms with Crippen molar-refractivity contribution in [2.75, 3.05) is 33.4 Å². The fourth-order valence-corrected chi connectivity index (χ4v) is 4.11. The molecule has 1 aliphatic rings. The number of aromatic nitrogens is 1. The van der Waals surface area contributed by atoms with E-state index in [2.05, 4.69) is 22.2 Å². The number of pyridine rings is 1. The van der Waals surface area contributed by atoms with Gasteiger partial charge in [0.1, 0.15) is 12.4 Å². The molecule has 6 nitrogen and oxygen atoms in total. The summed E-state index contributed by atoms with van der Waals surface area (Å²) in [5, 5.41) is 4.06. The Morgan fingerprint density at radius 3 is 2.84 bits per heavy atom. The Balaban J connectivity index is 1.25. The van der Waals surface area contributed by atoms with E-state index in [9.17, 15) is 4.79 Å². The fraction of sp³-hybridized carbons (Fsp3) is 0.385. The molecule has 1 N–H and O–H groups in total. The first-order valence-corrected chi connectivity index (χ1v) is 11.3. The molecule has 0 saturated carbocycles. The molecular weight excluding hydrogens is 402 g/mol. The number of para-hydroxylation sites is 1. The fourth-order valence-electron chi connectivity index (χ4n) is 4.11. The number of fused-ring (bicyclic) bond motifs is 1. The van der Waals surface area contributed by atoms with Gasteiger partial charge in [-0.1, -0.05) is 36.4 Å². The molecule has 0 atom stereocenters. The van der Waals surface area contributed by atoms with Gasteiger partial charge in [0.15, 0.2) is 0 Å². The van der Waals surface area contributed by atoms with Gasteiger partial charge >= 0.3 is 0 Å². The lowest BCUT2D eigenvalue weighted by Crippen LogP contribution is -2.38. The second kappa shape index (κ2) is 11.1. The van der Waals surface area contributed by atoms with Crippen molar-refractivity contribution in [1.82, 2.24) is 15.2 Å². The van der Waals surface area contributed by atoms with Crippen molar-refractivity contribution in [3.05, 3.63) is 71.9 Å². The summed E-state index contributed by atoms with van der Waals surface area (Å²) in [5.41, 5.74) is 2.84. The predicted octanol–water partition coefficient (Wildman–Crippen LogP) is 3.58. The highest BCUT2D eigenvalue weighted by Crippen LogP contribution is 2.17. The Morgan fingerprint density at radius 2 is 1.97 bits per heavy atom. The van der Waals surface area contributed by atoms with Gasteiger partial charge in [0, 0.05) is 43.9 Å². The molecule has 4 rings (SSSR count). The number of hydrogen-bond donors (Lipinski definition) is 1. The van der Waals surface area contributed by atoms with Crippen LogP contribution in [0.2, 0.25) is 0 Å². The molecule has 168 valence electrons. The number of likely N-dealkylation sites (N-methyl/N-ethyl adjacent to an activating group) is 1. The standard InChI is InChI=1S/C26H31N3O3/c1-29(23-10-14-31-15-11-23)13-16-32-24-9-2-5-20(17-24)19-28-25(30)18-22-7-3-6-21-8-4-12-27-26(21)22/h2-9,12,17,23H,10-11,13-16,18-19H2,1H3,(H,28,30). The molecule has 32 heavy (non-hydrogen) atoms. The van der Waals surface area contributed by atoms with Crippen LogP contribution in [-0.4, -0.2) is 55.2 Å². The second-order valence-electron chi connectivity index (χ2n) is 8.27. The van der Waals surface area contributed by atoms with Crippen LogP contribution in [0.5, 0.6) is 5.75 Å². The van der Waals surface area contributed by atoms with E-state index in [1.807, 2.05) is 54.6 Å². The van der Waals surface area contributed by atoms with Gasteiger partial charge < -0.3 is 14.8 Å². The van der Waals surface area contributed by atoms with Gasteiger partial charge in [0.25, 0.3) is 0 Å². The zero-order valence-electron chi connectivity index (χ0n) is 18.6. The van der Waals surface area contributed by atoms with Gasteiger partial charge in [0.2, 0.25) is 5.91 Å².